The Bertz CT molecular complexity index is 559. The number of nitrogens with one attached hydrogen (secondary N) is 1. The lowest BCUT2D eigenvalue weighted by molar-refractivity contribution is -0.128. The second kappa shape index (κ2) is 8.11. The van der Waals surface area contributed by atoms with Crippen LogP contribution in [0, 0.1) is 6.92 Å². The average molecular weight is 317 g/mol. The molecule has 3 N–H and O–H groups in total. The van der Waals surface area contributed by atoms with E-state index in [2.05, 4.69) is 24.4 Å². The minimum absolute atomic E-state index is 0.0424. The highest BCUT2D eigenvalue weighted by Crippen LogP contribution is 2.16. The summed E-state index contributed by atoms with van der Waals surface area (Å²) in [6, 6.07) is 7.95. The minimum atomic E-state index is -0.328. The zero-order valence-electron chi connectivity index (χ0n) is 14.0. The van der Waals surface area contributed by atoms with Crippen LogP contribution in [-0.2, 0) is 16.0 Å². The van der Waals surface area contributed by atoms with Crippen LogP contribution in [0.4, 0.5) is 0 Å². The molecule has 0 aliphatic carbocycles. The number of hydrogen-bond donors (Lipinski definition) is 2. The first-order valence-corrected chi connectivity index (χ1v) is 8.34. The summed E-state index contributed by atoms with van der Waals surface area (Å²) in [7, 11) is 0. The van der Waals surface area contributed by atoms with Crippen molar-refractivity contribution in [3.05, 3.63) is 35.4 Å². The third kappa shape index (κ3) is 5.06. The van der Waals surface area contributed by atoms with E-state index in [1.54, 1.807) is 0 Å². The van der Waals surface area contributed by atoms with Crippen LogP contribution >= 0.6 is 0 Å². The first kappa shape index (κ1) is 17.5. The fourth-order valence-electron chi connectivity index (χ4n) is 3.23. The minimum Gasteiger partial charge on any atom is -0.368 e. The molecule has 2 atom stereocenters. The second-order valence-corrected chi connectivity index (χ2v) is 6.48. The number of likely N-dealkylation sites (tertiary alicyclic amines) is 1. The molecule has 0 radical (unpaired) electrons. The molecule has 1 aromatic rings. The molecule has 0 spiro atoms. The van der Waals surface area contributed by atoms with Crippen molar-refractivity contribution < 1.29 is 9.59 Å². The van der Waals surface area contributed by atoms with Crippen molar-refractivity contribution in [1.82, 2.24) is 10.2 Å². The summed E-state index contributed by atoms with van der Waals surface area (Å²) in [6.45, 7) is 5.08. The van der Waals surface area contributed by atoms with Gasteiger partial charge in [0.15, 0.2) is 0 Å². The zero-order chi connectivity index (χ0) is 16.8. The van der Waals surface area contributed by atoms with Gasteiger partial charge in [-0.1, -0.05) is 30.7 Å². The molecule has 1 aliphatic rings. The third-order valence-corrected chi connectivity index (χ3v) is 4.48. The van der Waals surface area contributed by atoms with Gasteiger partial charge in [-0.3, -0.25) is 14.5 Å². The van der Waals surface area contributed by atoms with Crippen molar-refractivity contribution in [1.29, 1.82) is 0 Å². The predicted molar refractivity (Wildman–Crippen MR) is 90.9 cm³/mol. The van der Waals surface area contributed by atoms with Gasteiger partial charge in [-0.2, -0.15) is 0 Å². The number of nitrogens with two attached hydrogens (primary N) is 1. The van der Waals surface area contributed by atoms with Gasteiger partial charge < -0.3 is 11.1 Å². The number of amides is 2. The van der Waals surface area contributed by atoms with Crippen LogP contribution in [0.5, 0.6) is 0 Å². The summed E-state index contributed by atoms with van der Waals surface area (Å²) in [4.78, 5) is 25.7. The van der Waals surface area contributed by atoms with Gasteiger partial charge in [0.05, 0.1) is 12.6 Å². The number of carbonyl (C=O) groups is 2. The van der Waals surface area contributed by atoms with Crippen molar-refractivity contribution in [2.75, 3.05) is 13.1 Å². The van der Waals surface area contributed by atoms with E-state index in [9.17, 15) is 9.59 Å². The van der Waals surface area contributed by atoms with E-state index >= 15 is 0 Å². The van der Waals surface area contributed by atoms with E-state index in [0.29, 0.717) is 0 Å². The van der Waals surface area contributed by atoms with E-state index in [1.165, 1.54) is 11.1 Å². The molecule has 5 nitrogen and oxygen atoms in total. The molecule has 126 valence electrons. The Balaban J connectivity index is 1.86. The summed E-state index contributed by atoms with van der Waals surface area (Å²) >= 11 is 0. The molecular formula is C18H27N3O2. The zero-order valence-corrected chi connectivity index (χ0v) is 14.0. The molecule has 1 fully saturated rings. The first-order valence-electron chi connectivity index (χ1n) is 8.34. The fraction of sp³-hybridized carbons (Fsp3) is 0.556. The number of nitrogens with zero attached hydrogens (tertiary/aromatic N) is 1. The van der Waals surface area contributed by atoms with Crippen LogP contribution in [0.3, 0.4) is 0 Å². The van der Waals surface area contributed by atoms with Gasteiger partial charge in [-0.15, -0.1) is 0 Å². The quantitative estimate of drug-likeness (QED) is 0.832. The Labute approximate surface area is 138 Å². The smallest absolute Gasteiger partial charge is 0.234 e. The molecule has 0 saturated carbocycles. The normalized spacial score (nSPS) is 20.0. The monoisotopic (exact) mass is 317 g/mol. The van der Waals surface area contributed by atoms with Crippen molar-refractivity contribution in [2.45, 2.75) is 51.6 Å². The molecule has 1 aromatic carbocycles. The van der Waals surface area contributed by atoms with Crippen molar-refractivity contribution in [3.63, 3.8) is 0 Å². The lowest BCUT2D eigenvalue weighted by Gasteiger charge is -2.33. The number of primary amides is 1. The Morgan fingerprint density at radius 2 is 2.09 bits per heavy atom. The molecule has 23 heavy (non-hydrogen) atoms. The number of rotatable bonds is 6. The lowest BCUT2D eigenvalue weighted by Crippen LogP contribution is -2.52. The highest BCUT2D eigenvalue weighted by Gasteiger charge is 2.28. The molecule has 0 aromatic heterocycles. The molecule has 1 saturated heterocycles. The summed E-state index contributed by atoms with van der Waals surface area (Å²) in [5, 5.41) is 3.03. The Morgan fingerprint density at radius 1 is 1.35 bits per heavy atom. The van der Waals surface area contributed by atoms with Gasteiger partial charge in [0, 0.05) is 6.04 Å². The standard InChI is InChI=1S/C18H27N3O2/c1-13-7-3-4-8-15(13)11-14(2)20-17(22)12-21-10-6-5-9-16(21)18(19)23/h3-4,7-8,14,16H,5-6,9-12H2,1-2H3,(H2,19,23)(H,20,22). The van der Waals surface area contributed by atoms with E-state index in [-0.39, 0.29) is 30.4 Å². The van der Waals surface area contributed by atoms with Gasteiger partial charge in [0.25, 0.3) is 0 Å². The van der Waals surface area contributed by atoms with Gasteiger partial charge in [-0.05, 0) is 50.8 Å². The molecule has 5 heteroatoms. The maximum atomic E-state index is 12.3. The molecule has 2 amide bonds. The van der Waals surface area contributed by atoms with Gasteiger partial charge in [0.2, 0.25) is 11.8 Å². The first-order chi connectivity index (χ1) is 11.0. The Kier molecular flexibility index (Phi) is 6.16. The Hall–Kier alpha value is -1.88. The molecule has 1 aliphatic heterocycles. The van der Waals surface area contributed by atoms with E-state index in [0.717, 1.165) is 32.2 Å². The highest BCUT2D eigenvalue weighted by molar-refractivity contribution is 5.82. The van der Waals surface area contributed by atoms with Crippen LogP contribution in [-0.4, -0.2) is 41.9 Å². The molecule has 2 rings (SSSR count). The summed E-state index contributed by atoms with van der Waals surface area (Å²) in [5.41, 5.74) is 7.92. The number of piperidine rings is 1. The van der Waals surface area contributed by atoms with Crippen LogP contribution in [0.1, 0.15) is 37.3 Å². The number of benzene rings is 1. The third-order valence-electron chi connectivity index (χ3n) is 4.48. The van der Waals surface area contributed by atoms with Crippen molar-refractivity contribution in [2.24, 2.45) is 5.73 Å². The molecule has 1 heterocycles. The van der Waals surface area contributed by atoms with Gasteiger partial charge in [0.1, 0.15) is 0 Å². The number of hydrogen-bond acceptors (Lipinski definition) is 3. The maximum Gasteiger partial charge on any atom is 0.234 e. The van der Waals surface area contributed by atoms with Gasteiger partial charge in [-0.25, -0.2) is 0 Å². The fourth-order valence-corrected chi connectivity index (χ4v) is 3.23. The Morgan fingerprint density at radius 3 is 2.78 bits per heavy atom. The topological polar surface area (TPSA) is 75.4 Å². The second-order valence-electron chi connectivity index (χ2n) is 6.48. The maximum absolute atomic E-state index is 12.3. The average Bonchev–Trinajstić information content (AvgIpc) is 2.49. The molecular weight excluding hydrogens is 290 g/mol. The largest absolute Gasteiger partial charge is 0.368 e. The van der Waals surface area contributed by atoms with E-state index in [4.69, 9.17) is 5.73 Å². The SMILES string of the molecule is Cc1ccccc1CC(C)NC(=O)CN1CCCCC1C(N)=O. The lowest BCUT2D eigenvalue weighted by atomic mass is 10.0. The summed E-state index contributed by atoms with van der Waals surface area (Å²) in [6.07, 6.45) is 3.56. The highest BCUT2D eigenvalue weighted by atomic mass is 16.2. The van der Waals surface area contributed by atoms with Crippen molar-refractivity contribution in [3.8, 4) is 0 Å². The van der Waals surface area contributed by atoms with Crippen LogP contribution in [0.25, 0.3) is 0 Å². The number of carbonyl (C=O) groups excluding carboxylic acids is 2. The summed E-state index contributed by atoms with van der Waals surface area (Å²) in [5.74, 6) is -0.371. The number of aryl methyl sites for hydroxylation is 1. The predicted octanol–water partition coefficient (Wildman–Crippen LogP) is 1.38. The van der Waals surface area contributed by atoms with Crippen LogP contribution in [0.2, 0.25) is 0 Å². The summed E-state index contributed by atoms with van der Waals surface area (Å²) < 4.78 is 0. The molecule has 0 bridgehead atoms. The van der Waals surface area contributed by atoms with Gasteiger partial charge >= 0.3 is 0 Å². The van der Waals surface area contributed by atoms with E-state index in [1.807, 2.05) is 24.0 Å². The van der Waals surface area contributed by atoms with Crippen LogP contribution in [0.15, 0.2) is 24.3 Å². The van der Waals surface area contributed by atoms with Crippen molar-refractivity contribution >= 4 is 11.8 Å². The van der Waals surface area contributed by atoms with E-state index < -0.39 is 0 Å². The molecule has 2 unspecified atom stereocenters. The van der Waals surface area contributed by atoms with Crippen LogP contribution < -0.4 is 11.1 Å².